The van der Waals surface area contributed by atoms with Crippen molar-refractivity contribution in [1.29, 1.82) is 0 Å². The zero-order valence-electron chi connectivity index (χ0n) is 9.63. The minimum atomic E-state index is -0.311. The van der Waals surface area contributed by atoms with Gasteiger partial charge in [-0.3, -0.25) is 0 Å². The molecular formula is C11H24O2. The Kier molecular flexibility index (Phi) is 5.57. The average molecular weight is 188 g/mol. The largest absolute Gasteiger partial charge is 0.390 e. The van der Waals surface area contributed by atoms with Gasteiger partial charge in [0.2, 0.25) is 0 Å². The fourth-order valence-electron chi connectivity index (χ4n) is 1.36. The Hall–Kier alpha value is -0.0800. The normalized spacial score (nSPS) is 17.1. The summed E-state index contributed by atoms with van der Waals surface area (Å²) in [5.74, 6) is 0. The summed E-state index contributed by atoms with van der Waals surface area (Å²) in [5.41, 5.74) is 0.299. The quantitative estimate of drug-likeness (QED) is 0.718. The molecule has 0 aliphatic heterocycles. The molecule has 0 fully saturated rings. The molecule has 0 bridgehead atoms. The smallest absolute Gasteiger partial charge is 0.0827 e. The minimum Gasteiger partial charge on any atom is -0.390 e. The van der Waals surface area contributed by atoms with Crippen LogP contribution in [0.1, 0.15) is 47.0 Å². The van der Waals surface area contributed by atoms with Crippen molar-refractivity contribution in [2.75, 3.05) is 7.11 Å². The van der Waals surface area contributed by atoms with Gasteiger partial charge in [-0.2, -0.15) is 0 Å². The standard InChI is InChI=1S/C11H24O2/c1-6-10(13-5)9(12)7-8-11(2,3)4/h9-10,12H,6-8H2,1-5H3. The lowest BCUT2D eigenvalue weighted by molar-refractivity contribution is -0.0215. The lowest BCUT2D eigenvalue weighted by Gasteiger charge is -2.24. The minimum absolute atomic E-state index is 0.00218. The maximum atomic E-state index is 9.75. The highest BCUT2D eigenvalue weighted by molar-refractivity contribution is 4.71. The second-order valence-corrected chi connectivity index (χ2v) is 4.85. The van der Waals surface area contributed by atoms with Crippen LogP contribution >= 0.6 is 0 Å². The molecule has 1 N–H and O–H groups in total. The van der Waals surface area contributed by atoms with Gasteiger partial charge in [-0.05, 0) is 24.7 Å². The summed E-state index contributed by atoms with van der Waals surface area (Å²) in [6.07, 6.45) is 2.43. The molecule has 0 rings (SSSR count). The molecule has 0 amide bonds. The van der Waals surface area contributed by atoms with Crippen LogP contribution in [-0.2, 0) is 4.74 Å². The maximum Gasteiger partial charge on any atom is 0.0827 e. The first-order valence-electron chi connectivity index (χ1n) is 5.11. The molecule has 80 valence electrons. The number of aliphatic hydroxyl groups is 1. The lowest BCUT2D eigenvalue weighted by Crippen LogP contribution is -2.28. The van der Waals surface area contributed by atoms with Crippen molar-refractivity contribution in [3.63, 3.8) is 0 Å². The van der Waals surface area contributed by atoms with E-state index in [1.165, 1.54) is 0 Å². The highest BCUT2D eigenvalue weighted by Gasteiger charge is 2.19. The highest BCUT2D eigenvalue weighted by Crippen LogP contribution is 2.23. The first kappa shape index (κ1) is 12.9. The molecule has 0 saturated carbocycles. The summed E-state index contributed by atoms with van der Waals surface area (Å²) in [7, 11) is 1.66. The van der Waals surface area contributed by atoms with E-state index in [4.69, 9.17) is 4.74 Å². The van der Waals surface area contributed by atoms with E-state index in [9.17, 15) is 5.11 Å². The Morgan fingerprint density at radius 1 is 1.31 bits per heavy atom. The van der Waals surface area contributed by atoms with E-state index in [0.29, 0.717) is 5.41 Å². The van der Waals surface area contributed by atoms with E-state index in [2.05, 4.69) is 20.8 Å². The van der Waals surface area contributed by atoms with Gasteiger partial charge in [-0.15, -0.1) is 0 Å². The van der Waals surface area contributed by atoms with Crippen LogP contribution in [0.15, 0.2) is 0 Å². The lowest BCUT2D eigenvalue weighted by atomic mass is 9.88. The maximum absolute atomic E-state index is 9.75. The van der Waals surface area contributed by atoms with Gasteiger partial charge in [-0.25, -0.2) is 0 Å². The van der Waals surface area contributed by atoms with Crippen LogP contribution in [0, 0.1) is 5.41 Å². The molecule has 2 atom stereocenters. The molecule has 13 heavy (non-hydrogen) atoms. The Morgan fingerprint density at radius 2 is 1.85 bits per heavy atom. The third kappa shape index (κ3) is 6.05. The molecule has 2 nitrogen and oxygen atoms in total. The molecule has 0 radical (unpaired) electrons. The predicted molar refractivity (Wildman–Crippen MR) is 55.8 cm³/mol. The SMILES string of the molecule is CCC(OC)C(O)CCC(C)(C)C. The summed E-state index contributed by atoms with van der Waals surface area (Å²) in [5, 5.41) is 9.75. The first-order chi connectivity index (χ1) is 5.90. The molecule has 0 aliphatic rings. The van der Waals surface area contributed by atoms with Gasteiger partial charge in [0, 0.05) is 7.11 Å². The van der Waals surface area contributed by atoms with Gasteiger partial charge in [-0.1, -0.05) is 27.7 Å². The monoisotopic (exact) mass is 188 g/mol. The van der Waals surface area contributed by atoms with E-state index < -0.39 is 0 Å². The van der Waals surface area contributed by atoms with Crippen LogP contribution in [-0.4, -0.2) is 24.4 Å². The van der Waals surface area contributed by atoms with Gasteiger partial charge in [0.15, 0.2) is 0 Å². The van der Waals surface area contributed by atoms with Crippen molar-refractivity contribution in [3.05, 3.63) is 0 Å². The van der Waals surface area contributed by atoms with Gasteiger partial charge in [0.1, 0.15) is 0 Å². The summed E-state index contributed by atoms with van der Waals surface area (Å²) in [6.45, 7) is 8.60. The molecule has 0 aromatic heterocycles. The molecule has 0 heterocycles. The van der Waals surface area contributed by atoms with Crippen molar-refractivity contribution >= 4 is 0 Å². The number of methoxy groups -OCH3 is 1. The Labute approximate surface area is 82.3 Å². The third-order valence-corrected chi connectivity index (χ3v) is 2.32. The van der Waals surface area contributed by atoms with Crippen molar-refractivity contribution in [1.82, 2.24) is 0 Å². The second kappa shape index (κ2) is 5.61. The third-order valence-electron chi connectivity index (χ3n) is 2.32. The molecular weight excluding hydrogens is 164 g/mol. The summed E-state index contributed by atoms with van der Waals surface area (Å²) >= 11 is 0. The topological polar surface area (TPSA) is 29.5 Å². The van der Waals surface area contributed by atoms with Crippen LogP contribution in [0.4, 0.5) is 0 Å². The molecule has 0 aliphatic carbocycles. The number of aliphatic hydroxyl groups excluding tert-OH is 1. The number of hydrogen-bond acceptors (Lipinski definition) is 2. The van der Waals surface area contributed by atoms with Crippen molar-refractivity contribution in [3.8, 4) is 0 Å². The van der Waals surface area contributed by atoms with Gasteiger partial charge in [0.05, 0.1) is 12.2 Å². The van der Waals surface area contributed by atoms with Crippen molar-refractivity contribution in [2.45, 2.75) is 59.2 Å². The average Bonchev–Trinajstić information content (AvgIpc) is 2.02. The van der Waals surface area contributed by atoms with Gasteiger partial charge in [0.25, 0.3) is 0 Å². The molecule has 0 saturated heterocycles. The van der Waals surface area contributed by atoms with E-state index in [1.807, 2.05) is 6.92 Å². The Morgan fingerprint density at radius 3 is 2.15 bits per heavy atom. The molecule has 0 spiro atoms. The second-order valence-electron chi connectivity index (χ2n) is 4.85. The van der Waals surface area contributed by atoms with E-state index in [0.717, 1.165) is 19.3 Å². The van der Waals surface area contributed by atoms with E-state index in [-0.39, 0.29) is 12.2 Å². The number of hydrogen-bond donors (Lipinski definition) is 1. The summed E-state index contributed by atoms with van der Waals surface area (Å²) in [6, 6.07) is 0. The van der Waals surface area contributed by atoms with Crippen LogP contribution < -0.4 is 0 Å². The molecule has 0 aromatic rings. The molecule has 2 heteroatoms. The predicted octanol–water partition coefficient (Wildman–Crippen LogP) is 2.60. The van der Waals surface area contributed by atoms with E-state index in [1.54, 1.807) is 7.11 Å². The fraction of sp³-hybridized carbons (Fsp3) is 1.00. The number of ether oxygens (including phenoxy) is 1. The summed E-state index contributed by atoms with van der Waals surface area (Å²) in [4.78, 5) is 0. The summed E-state index contributed by atoms with van der Waals surface area (Å²) < 4.78 is 5.18. The molecule has 2 unspecified atom stereocenters. The van der Waals surface area contributed by atoms with Crippen LogP contribution in [0.2, 0.25) is 0 Å². The highest BCUT2D eigenvalue weighted by atomic mass is 16.5. The zero-order chi connectivity index (χ0) is 10.5. The van der Waals surface area contributed by atoms with Crippen LogP contribution in [0.25, 0.3) is 0 Å². The van der Waals surface area contributed by atoms with Gasteiger partial charge < -0.3 is 9.84 Å². The first-order valence-corrected chi connectivity index (χ1v) is 5.11. The van der Waals surface area contributed by atoms with E-state index >= 15 is 0 Å². The Bertz CT molecular complexity index is 123. The van der Waals surface area contributed by atoms with Crippen LogP contribution in [0.3, 0.4) is 0 Å². The van der Waals surface area contributed by atoms with Crippen molar-refractivity contribution in [2.24, 2.45) is 5.41 Å². The fourth-order valence-corrected chi connectivity index (χ4v) is 1.36. The van der Waals surface area contributed by atoms with Crippen molar-refractivity contribution < 1.29 is 9.84 Å². The molecule has 0 aromatic carbocycles. The Balaban J connectivity index is 3.78. The van der Waals surface area contributed by atoms with Gasteiger partial charge >= 0.3 is 0 Å². The van der Waals surface area contributed by atoms with Crippen LogP contribution in [0.5, 0.6) is 0 Å². The number of rotatable bonds is 5. The zero-order valence-corrected chi connectivity index (χ0v) is 9.63.